The number of rotatable bonds is 3. The van der Waals surface area contributed by atoms with Gasteiger partial charge >= 0.3 is 12.0 Å². The van der Waals surface area contributed by atoms with Crippen LogP contribution in [0.3, 0.4) is 0 Å². The minimum Gasteiger partial charge on any atom is -0.480 e. The smallest absolute Gasteiger partial charge is 0.329 e. The van der Waals surface area contributed by atoms with Crippen molar-refractivity contribution in [1.29, 1.82) is 0 Å². The molecule has 2 rings (SSSR count). The molecule has 3 N–H and O–H groups in total. The molecule has 2 fully saturated rings. The van der Waals surface area contributed by atoms with Crippen LogP contribution in [-0.4, -0.2) is 53.7 Å². The number of likely N-dealkylation sites (N-methyl/N-ethyl adjacent to an activating group) is 1. The summed E-state index contributed by atoms with van der Waals surface area (Å²) in [5.74, 6) is -0.902. The van der Waals surface area contributed by atoms with Crippen LogP contribution < -0.4 is 10.6 Å². The van der Waals surface area contributed by atoms with E-state index in [1.54, 1.807) is 0 Å². The first-order chi connectivity index (χ1) is 10.0. The van der Waals surface area contributed by atoms with Gasteiger partial charge in [0.25, 0.3) is 0 Å². The summed E-state index contributed by atoms with van der Waals surface area (Å²) < 4.78 is 0. The van der Waals surface area contributed by atoms with Crippen molar-refractivity contribution in [1.82, 2.24) is 15.5 Å². The summed E-state index contributed by atoms with van der Waals surface area (Å²) in [5, 5.41) is 15.3. The maximum absolute atomic E-state index is 12.2. The third kappa shape index (κ3) is 4.33. The van der Waals surface area contributed by atoms with Gasteiger partial charge in [-0.15, -0.1) is 0 Å². The molecule has 1 saturated heterocycles. The average Bonchev–Trinajstić information content (AvgIpc) is 2.65. The van der Waals surface area contributed by atoms with E-state index in [1.165, 1.54) is 0 Å². The van der Waals surface area contributed by atoms with Crippen LogP contribution in [0.25, 0.3) is 0 Å². The van der Waals surface area contributed by atoms with Gasteiger partial charge in [-0.1, -0.05) is 25.7 Å². The van der Waals surface area contributed by atoms with Crippen molar-refractivity contribution in [3.63, 3.8) is 0 Å². The first-order valence-electron chi connectivity index (χ1n) is 8.02. The molecule has 2 amide bonds. The quantitative estimate of drug-likeness (QED) is 0.690. The van der Waals surface area contributed by atoms with Gasteiger partial charge in [0.15, 0.2) is 0 Å². The van der Waals surface area contributed by atoms with E-state index in [9.17, 15) is 14.7 Å². The molecule has 21 heavy (non-hydrogen) atoms. The predicted molar refractivity (Wildman–Crippen MR) is 80.3 cm³/mol. The van der Waals surface area contributed by atoms with Crippen LogP contribution in [0.5, 0.6) is 0 Å². The van der Waals surface area contributed by atoms with Crippen LogP contribution in [0.2, 0.25) is 0 Å². The van der Waals surface area contributed by atoms with Gasteiger partial charge in [-0.2, -0.15) is 0 Å². The van der Waals surface area contributed by atoms with Crippen molar-refractivity contribution in [2.75, 3.05) is 20.1 Å². The lowest BCUT2D eigenvalue weighted by Crippen LogP contribution is -2.59. The Kier molecular flexibility index (Phi) is 5.45. The first-order valence-corrected chi connectivity index (χ1v) is 8.02. The molecule has 6 heteroatoms. The molecule has 2 aliphatic rings. The monoisotopic (exact) mass is 297 g/mol. The highest BCUT2D eigenvalue weighted by molar-refractivity contribution is 5.86. The number of nitrogens with one attached hydrogen (secondary N) is 2. The molecule has 1 heterocycles. The van der Waals surface area contributed by atoms with Crippen LogP contribution in [0.1, 0.15) is 51.4 Å². The fraction of sp³-hybridized carbons (Fsp3) is 0.867. The number of amides is 2. The van der Waals surface area contributed by atoms with Gasteiger partial charge < -0.3 is 20.6 Å². The van der Waals surface area contributed by atoms with Crippen molar-refractivity contribution < 1.29 is 14.7 Å². The van der Waals surface area contributed by atoms with E-state index in [1.807, 2.05) is 7.05 Å². The highest BCUT2D eigenvalue weighted by atomic mass is 16.4. The molecule has 1 aliphatic heterocycles. The SMILES string of the molecule is CN1CCCC(NC(=O)NC2(C(=O)O)CCCCCC2)C1. The number of hydrogen-bond donors (Lipinski definition) is 3. The van der Waals surface area contributed by atoms with Gasteiger partial charge in [0.05, 0.1) is 0 Å². The normalized spacial score (nSPS) is 26.6. The standard InChI is InChI=1S/C15H27N3O3/c1-18-10-6-7-12(11-18)16-14(21)17-15(13(19)20)8-4-2-3-5-9-15/h12H,2-11H2,1H3,(H,19,20)(H2,16,17,21). The molecule has 0 spiro atoms. The predicted octanol–water partition coefficient (Wildman–Crippen LogP) is 1.56. The van der Waals surface area contributed by atoms with Crippen molar-refractivity contribution >= 4 is 12.0 Å². The highest BCUT2D eigenvalue weighted by Gasteiger charge is 2.40. The molecule has 1 atom stereocenters. The average molecular weight is 297 g/mol. The van der Waals surface area contributed by atoms with Gasteiger partial charge in [0, 0.05) is 12.6 Å². The molecule has 0 bridgehead atoms. The second-order valence-electron chi connectivity index (χ2n) is 6.50. The number of urea groups is 1. The molecule has 0 aromatic heterocycles. The Hall–Kier alpha value is -1.30. The number of piperidine rings is 1. The van der Waals surface area contributed by atoms with E-state index in [2.05, 4.69) is 15.5 Å². The molecule has 1 unspecified atom stereocenters. The summed E-state index contributed by atoms with van der Waals surface area (Å²) >= 11 is 0. The Morgan fingerprint density at radius 2 is 1.81 bits per heavy atom. The van der Waals surface area contributed by atoms with Crippen molar-refractivity contribution in [3.05, 3.63) is 0 Å². The first kappa shape index (κ1) is 16.1. The summed E-state index contributed by atoms with van der Waals surface area (Å²) in [4.78, 5) is 26.0. The molecular weight excluding hydrogens is 270 g/mol. The third-order valence-electron chi connectivity index (χ3n) is 4.68. The Balaban J connectivity index is 1.93. The van der Waals surface area contributed by atoms with E-state index < -0.39 is 11.5 Å². The van der Waals surface area contributed by atoms with Gasteiger partial charge in [-0.25, -0.2) is 9.59 Å². The zero-order chi connectivity index (χ0) is 15.3. The van der Waals surface area contributed by atoms with E-state index in [0.29, 0.717) is 12.8 Å². The molecule has 1 aliphatic carbocycles. The Morgan fingerprint density at radius 3 is 2.38 bits per heavy atom. The van der Waals surface area contributed by atoms with Gasteiger partial charge in [0.2, 0.25) is 0 Å². The number of hydrogen-bond acceptors (Lipinski definition) is 3. The number of carbonyl (C=O) groups excluding carboxylic acids is 1. The lowest BCUT2D eigenvalue weighted by molar-refractivity contribution is -0.145. The Labute approximate surface area is 126 Å². The molecular formula is C15H27N3O3. The van der Waals surface area contributed by atoms with E-state index in [-0.39, 0.29) is 12.1 Å². The van der Waals surface area contributed by atoms with Crippen molar-refractivity contribution in [3.8, 4) is 0 Å². The second-order valence-corrected chi connectivity index (χ2v) is 6.50. The van der Waals surface area contributed by atoms with Crippen LogP contribution in [0.15, 0.2) is 0 Å². The van der Waals surface area contributed by atoms with Crippen LogP contribution in [0, 0.1) is 0 Å². The summed E-state index contributed by atoms with van der Waals surface area (Å²) in [6.07, 6.45) is 6.89. The zero-order valence-corrected chi connectivity index (χ0v) is 12.9. The van der Waals surface area contributed by atoms with Crippen LogP contribution in [-0.2, 0) is 4.79 Å². The largest absolute Gasteiger partial charge is 0.480 e. The minimum atomic E-state index is -1.08. The fourth-order valence-corrected chi connectivity index (χ4v) is 3.45. The van der Waals surface area contributed by atoms with Crippen molar-refractivity contribution in [2.24, 2.45) is 0 Å². The molecule has 1 saturated carbocycles. The van der Waals surface area contributed by atoms with Crippen molar-refractivity contribution in [2.45, 2.75) is 62.9 Å². The summed E-state index contributed by atoms with van der Waals surface area (Å²) in [5.41, 5.74) is -1.08. The summed E-state index contributed by atoms with van der Waals surface area (Å²) in [7, 11) is 2.04. The number of carboxylic acid groups (broad SMARTS) is 1. The molecule has 0 aromatic carbocycles. The topological polar surface area (TPSA) is 81.7 Å². The van der Waals surface area contributed by atoms with E-state index in [0.717, 1.165) is 51.6 Å². The van der Waals surface area contributed by atoms with Gasteiger partial charge in [-0.05, 0) is 39.3 Å². The maximum Gasteiger partial charge on any atom is 0.329 e. The molecule has 0 aromatic rings. The van der Waals surface area contributed by atoms with Crippen LogP contribution >= 0.6 is 0 Å². The maximum atomic E-state index is 12.2. The van der Waals surface area contributed by atoms with E-state index in [4.69, 9.17) is 0 Å². The Bertz CT molecular complexity index is 378. The zero-order valence-electron chi connectivity index (χ0n) is 12.9. The van der Waals surface area contributed by atoms with E-state index >= 15 is 0 Å². The minimum absolute atomic E-state index is 0.111. The van der Waals surface area contributed by atoms with Gasteiger partial charge in [-0.3, -0.25) is 0 Å². The summed E-state index contributed by atoms with van der Waals surface area (Å²) in [6, 6.07) is -0.222. The molecule has 0 radical (unpaired) electrons. The summed E-state index contributed by atoms with van der Waals surface area (Å²) in [6.45, 7) is 1.88. The van der Waals surface area contributed by atoms with Gasteiger partial charge in [0.1, 0.15) is 5.54 Å². The second kappa shape index (κ2) is 7.11. The third-order valence-corrected chi connectivity index (χ3v) is 4.68. The number of aliphatic carboxylic acids is 1. The molecule has 120 valence electrons. The fourth-order valence-electron chi connectivity index (χ4n) is 3.45. The van der Waals surface area contributed by atoms with Crippen LogP contribution in [0.4, 0.5) is 4.79 Å². The number of carbonyl (C=O) groups is 2. The lowest BCUT2D eigenvalue weighted by atomic mass is 9.90. The molecule has 6 nitrogen and oxygen atoms in total. The lowest BCUT2D eigenvalue weighted by Gasteiger charge is -2.33. The number of carboxylic acids is 1. The number of likely N-dealkylation sites (tertiary alicyclic amines) is 1. The Morgan fingerprint density at radius 1 is 1.14 bits per heavy atom. The number of nitrogens with zero attached hydrogens (tertiary/aromatic N) is 1. The highest BCUT2D eigenvalue weighted by Crippen LogP contribution is 2.27.